The van der Waals surface area contributed by atoms with Crippen LogP contribution in [0.25, 0.3) is 0 Å². The minimum atomic E-state index is -0.840. The lowest BCUT2D eigenvalue weighted by Crippen LogP contribution is -2.45. The molecule has 0 aromatic rings. The first-order chi connectivity index (χ1) is 18.7. The molecule has 0 aliphatic rings. The van der Waals surface area contributed by atoms with Gasteiger partial charge in [0.25, 0.3) is 0 Å². The summed E-state index contributed by atoms with van der Waals surface area (Å²) in [4.78, 5) is 12.2. The number of hydrogen-bond acceptors (Lipinski definition) is 3. The highest BCUT2D eigenvalue weighted by Gasteiger charge is 2.17. The van der Waals surface area contributed by atoms with E-state index in [4.69, 9.17) is 0 Å². The lowest BCUT2D eigenvalue weighted by atomic mass is 10.1. The molecule has 0 spiro atoms. The second-order valence-corrected chi connectivity index (χ2v) is 10.5. The lowest BCUT2D eigenvalue weighted by molar-refractivity contribution is -0.123. The zero-order chi connectivity index (χ0) is 27.9. The number of aliphatic hydroxyl groups is 2. The molecule has 38 heavy (non-hydrogen) atoms. The average Bonchev–Trinajstić information content (AvgIpc) is 2.92. The van der Waals surface area contributed by atoms with E-state index in [-0.39, 0.29) is 12.5 Å². The summed E-state index contributed by atoms with van der Waals surface area (Å²) in [5.41, 5.74) is 0. The fourth-order valence-electron chi connectivity index (χ4n) is 4.37. The van der Waals surface area contributed by atoms with Gasteiger partial charge in [0.2, 0.25) is 5.91 Å². The van der Waals surface area contributed by atoms with Gasteiger partial charge in [0.1, 0.15) is 0 Å². The largest absolute Gasteiger partial charge is 0.394 e. The van der Waals surface area contributed by atoms with Gasteiger partial charge in [0, 0.05) is 6.42 Å². The van der Waals surface area contributed by atoms with Crippen LogP contribution in [0.3, 0.4) is 0 Å². The number of allylic oxidation sites excluding steroid dienone is 7. The molecule has 0 aromatic heterocycles. The Hall–Kier alpha value is -1.65. The predicted octanol–water partition coefficient (Wildman–Crippen LogP) is 8.89. The van der Waals surface area contributed by atoms with E-state index >= 15 is 0 Å². The number of rotatable bonds is 27. The molecule has 0 fully saturated rings. The molecule has 0 saturated heterocycles. The van der Waals surface area contributed by atoms with Gasteiger partial charge < -0.3 is 15.5 Å². The summed E-state index contributed by atoms with van der Waals surface area (Å²) < 4.78 is 0. The molecule has 0 aliphatic carbocycles. The van der Waals surface area contributed by atoms with Crippen molar-refractivity contribution in [2.75, 3.05) is 6.61 Å². The van der Waals surface area contributed by atoms with Crippen LogP contribution in [0.4, 0.5) is 0 Å². The summed E-state index contributed by atoms with van der Waals surface area (Å²) >= 11 is 0. The SMILES string of the molecule is CC/C=C\C/C=C\C/C=C\CCCCCCCCCC(=O)NC(CO)C(O)/C=C/CCCCCCCCC. The van der Waals surface area contributed by atoms with Crippen LogP contribution < -0.4 is 5.32 Å². The highest BCUT2D eigenvalue weighted by Crippen LogP contribution is 2.11. The van der Waals surface area contributed by atoms with Crippen LogP contribution in [0.2, 0.25) is 0 Å². The third-order valence-corrected chi connectivity index (χ3v) is 6.82. The van der Waals surface area contributed by atoms with Crippen LogP contribution in [0, 0.1) is 0 Å². The van der Waals surface area contributed by atoms with Crippen LogP contribution in [0.1, 0.15) is 142 Å². The normalized spacial score (nSPS) is 13.9. The Labute approximate surface area is 235 Å². The van der Waals surface area contributed by atoms with E-state index in [1.807, 2.05) is 6.08 Å². The van der Waals surface area contributed by atoms with Crippen molar-refractivity contribution in [1.29, 1.82) is 0 Å². The van der Waals surface area contributed by atoms with Gasteiger partial charge in [-0.15, -0.1) is 0 Å². The van der Waals surface area contributed by atoms with Gasteiger partial charge in [0.05, 0.1) is 18.8 Å². The zero-order valence-corrected chi connectivity index (χ0v) is 24.9. The third-order valence-electron chi connectivity index (χ3n) is 6.82. The van der Waals surface area contributed by atoms with E-state index < -0.39 is 12.1 Å². The molecule has 0 bridgehead atoms. The molecule has 220 valence electrons. The zero-order valence-electron chi connectivity index (χ0n) is 24.9. The van der Waals surface area contributed by atoms with E-state index in [0.717, 1.165) is 57.8 Å². The van der Waals surface area contributed by atoms with Crippen LogP contribution in [-0.4, -0.2) is 34.9 Å². The monoisotopic (exact) mass is 531 g/mol. The number of carbonyl (C=O) groups is 1. The van der Waals surface area contributed by atoms with Crippen LogP contribution in [0.15, 0.2) is 48.6 Å². The van der Waals surface area contributed by atoms with Crippen molar-refractivity contribution in [3.63, 3.8) is 0 Å². The van der Waals surface area contributed by atoms with Gasteiger partial charge in [-0.1, -0.05) is 133 Å². The summed E-state index contributed by atoms with van der Waals surface area (Å²) in [5, 5.41) is 22.7. The third kappa shape index (κ3) is 26.0. The number of nitrogens with one attached hydrogen (secondary N) is 1. The maximum atomic E-state index is 12.2. The number of aliphatic hydroxyl groups excluding tert-OH is 2. The Kier molecular flexibility index (Phi) is 28.6. The number of hydrogen-bond donors (Lipinski definition) is 3. The van der Waals surface area contributed by atoms with Crippen LogP contribution in [-0.2, 0) is 4.79 Å². The summed E-state index contributed by atoms with van der Waals surface area (Å²) in [6.07, 6.45) is 39.0. The van der Waals surface area contributed by atoms with Gasteiger partial charge >= 0.3 is 0 Å². The molecule has 4 nitrogen and oxygen atoms in total. The quantitative estimate of drug-likeness (QED) is 0.0732. The van der Waals surface area contributed by atoms with E-state index in [9.17, 15) is 15.0 Å². The lowest BCUT2D eigenvalue weighted by Gasteiger charge is -2.20. The summed E-state index contributed by atoms with van der Waals surface area (Å²) in [6.45, 7) is 4.14. The molecule has 0 saturated carbocycles. The number of carbonyl (C=O) groups excluding carboxylic acids is 1. The van der Waals surface area contributed by atoms with E-state index in [2.05, 4.69) is 55.6 Å². The van der Waals surface area contributed by atoms with Gasteiger partial charge in [-0.2, -0.15) is 0 Å². The first-order valence-electron chi connectivity index (χ1n) is 15.9. The average molecular weight is 532 g/mol. The van der Waals surface area contributed by atoms with E-state index in [1.54, 1.807) is 6.08 Å². The fourth-order valence-corrected chi connectivity index (χ4v) is 4.37. The molecule has 0 radical (unpaired) electrons. The van der Waals surface area contributed by atoms with E-state index in [1.165, 1.54) is 64.2 Å². The van der Waals surface area contributed by atoms with Crippen molar-refractivity contribution in [1.82, 2.24) is 5.32 Å². The first kappa shape index (κ1) is 36.4. The molecule has 0 rings (SSSR count). The Morgan fingerprint density at radius 2 is 1.16 bits per heavy atom. The molecule has 4 heteroatoms. The van der Waals surface area contributed by atoms with Gasteiger partial charge in [-0.25, -0.2) is 0 Å². The van der Waals surface area contributed by atoms with Gasteiger partial charge in [-0.05, 0) is 51.4 Å². The van der Waals surface area contributed by atoms with Crippen molar-refractivity contribution in [2.24, 2.45) is 0 Å². The smallest absolute Gasteiger partial charge is 0.220 e. The minimum absolute atomic E-state index is 0.0809. The van der Waals surface area contributed by atoms with Crippen molar-refractivity contribution >= 4 is 5.91 Å². The number of unbranched alkanes of at least 4 members (excludes halogenated alkanes) is 14. The second-order valence-electron chi connectivity index (χ2n) is 10.5. The van der Waals surface area contributed by atoms with Crippen LogP contribution >= 0.6 is 0 Å². The van der Waals surface area contributed by atoms with Crippen LogP contribution in [0.5, 0.6) is 0 Å². The predicted molar refractivity (Wildman–Crippen MR) is 165 cm³/mol. The van der Waals surface area contributed by atoms with Gasteiger partial charge in [0.15, 0.2) is 0 Å². The Balaban J connectivity index is 3.68. The topological polar surface area (TPSA) is 69.6 Å². The van der Waals surface area contributed by atoms with Crippen molar-refractivity contribution in [3.05, 3.63) is 48.6 Å². The Morgan fingerprint density at radius 1 is 0.658 bits per heavy atom. The summed E-state index contributed by atoms with van der Waals surface area (Å²) in [6, 6.07) is -0.624. The molecule has 1 amide bonds. The van der Waals surface area contributed by atoms with Crippen molar-refractivity contribution in [3.8, 4) is 0 Å². The first-order valence-corrected chi connectivity index (χ1v) is 15.9. The summed E-state index contributed by atoms with van der Waals surface area (Å²) in [7, 11) is 0. The second kappa shape index (κ2) is 29.9. The maximum absolute atomic E-state index is 12.2. The minimum Gasteiger partial charge on any atom is -0.394 e. The Morgan fingerprint density at radius 3 is 1.74 bits per heavy atom. The van der Waals surface area contributed by atoms with Crippen molar-refractivity contribution in [2.45, 2.75) is 154 Å². The molecule has 3 N–H and O–H groups in total. The standard InChI is InChI=1S/C34H61NO3/c1-3-5-7-9-11-13-14-15-16-17-18-19-20-22-24-26-28-30-34(38)35-32(31-36)33(37)29-27-25-23-21-12-10-8-6-4-2/h5,7,11,13,15-16,27,29,32-33,36-37H,3-4,6,8-10,12,14,17-26,28,30-31H2,1-2H3,(H,35,38)/b7-5-,13-11-,16-15-,29-27+. The highest BCUT2D eigenvalue weighted by atomic mass is 16.3. The Bertz CT molecular complexity index is 623. The van der Waals surface area contributed by atoms with Crippen molar-refractivity contribution < 1.29 is 15.0 Å². The molecule has 0 aliphatic heterocycles. The van der Waals surface area contributed by atoms with Gasteiger partial charge in [-0.3, -0.25) is 4.79 Å². The maximum Gasteiger partial charge on any atom is 0.220 e. The molecule has 2 unspecified atom stereocenters. The molecular weight excluding hydrogens is 470 g/mol. The fraction of sp³-hybridized carbons (Fsp3) is 0.735. The van der Waals surface area contributed by atoms with E-state index in [0.29, 0.717) is 6.42 Å². The molecule has 0 aromatic carbocycles. The number of amides is 1. The molecular formula is C34H61NO3. The molecule has 2 atom stereocenters. The highest BCUT2D eigenvalue weighted by molar-refractivity contribution is 5.76. The molecule has 0 heterocycles. The summed E-state index contributed by atoms with van der Waals surface area (Å²) in [5.74, 6) is -0.0809.